The van der Waals surface area contributed by atoms with E-state index < -0.39 is 11.7 Å². The van der Waals surface area contributed by atoms with Crippen LogP contribution in [0.15, 0.2) is 42.5 Å². The van der Waals surface area contributed by atoms with Gasteiger partial charge in [0.05, 0.1) is 5.56 Å². The number of hydrogen-bond donors (Lipinski definition) is 2. The second-order valence-electron chi connectivity index (χ2n) is 4.99. The van der Waals surface area contributed by atoms with Crippen molar-refractivity contribution >= 4 is 5.69 Å². The number of phenols is 1. The van der Waals surface area contributed by atoms with Crippen molar-refractivity contribution in [3.63, 3.8) is 0 Å². The molecule has 0 aliphatic rings. The van der Waals surface area contributed by atoms with Crippen LogP contribution in [0.4, 0.5) is 18.9 Å². The lowest BCUT2D eigenvalue weighted by molar-refractivity contribution is -0.138. The van der Waals surface area contributed by atoms with Crippen LogP contribution in [-0.4, -0.2) is 5.11 Å². The first-order valence-corrected chi connectivity index (χ1v) is 6.50. The minimum atomic E-state index is -4.37. The lowest BCUT2D eigenvalue weighted by Crippen LogP contribution is -2.10. The van der Waals surface area contributed by atoms with E-state index in [9.17, 15) is 18.3 Å². The average Bonchev–Trinajstić information content (AvgIpc) is 2.39. The van der Waals surface area contributed by atoms with E-state index in [1.807, 2.05) is 6.92 Å². The van der Waals surface area contributed by atoms with E-state index in [0.717, 1.165) is 11.6 Å². The Morgan fingerprint density at radius 2 is 1.81 bits per heavy atom. The van der Waals surface area contributed by atoms with Gasteiger partial charge in [0, 0.05) is 11.7 Å². The summed E-state index contributed by atoms with van der Waals surface area (Å²) in [5.41, 5.74) is 0.738. The van der Waals surface area contributed by atoms with Crippen molar-refractivity contribution < 1.29 is 18.3 Å². The first kappa shape index (κ1) is 15.2. The monoisotopic (exact) mass is 295 g/mol. The summed E-state index contributed by atoms with van der Waals surface area (Å²) in [5.74, 6) is 0.126. The topological polar surface area (TPSA) is 32.3 Å². The molecule has 0 heterocycles. The van der Waals surface area contributed by atoms with Crippen LogP contribution in [0, 0.1) is 6.92 Å². The number of anilines is 1. The Bertz CT molecular complexity index is 638. The number of rotatable bonds is 3. The first-order chi connectivity index (χ1) is 9.77. The van der Waals surface area contributed by atoms with Gasteiger partial charge in [0.2, 0.25) is 0 Å². The molecular formula is C16H16F3NO. The van der Waals surface area contributed by atoms with Crippen molar-refractivity contribution in [2.45, 2.75) is 26.1 Å². The van der Waals surface area contributed by atoms with Gasteiger partial charge in [-0.2, -0.15) is 13.2 Å². The van der Waals surface area contributed by atoms with Crippen LogP contribution >= 0.6 is 0 Å². The van der Waals surface area contributed by atoms with Crippen LogP contribution < -0.4 is 5.32 Å². The molecule has 0 fully saturated rings. The van der Waals surface area contributed by atoms with Crippen LogP contribution in [0.3, 0.4) is 0 Å². The number of halogens is 3. The van der Waals surface area contributed by atoms with Crippen LogP contribution in [-0.2, 0) is 6.18 Å². The number of alkyl halides is 3. The van der Waals surface area contributed by atoms with Gasteiger partial charge in [-0.25, -0.2) is 0 Å². The predicted octanol–water partition coefficient (Wildman–Crippen LogP) is 4.89. The molecule has 0 aromatic heterocycles. The summed E-state index contributed by atoms with van der Waals surface area (Å²) in [6, 6.07) is 10.6. The first-order valence-electron chi connectivity index (χ1n) is 6.50. The molecule has 2 aromatic rings. The Morgan fingerprint density at radius 1 is 1.10 bits per heavy atom. The van der Waals surface area contributed by atoms with E-state index >= 15 is 0 Å². The SMILES string of the molecule is Cc1ccc(NC(C)c2cccc(O)c2)cc1C(F)(F)F. The Morgan fingerprint density at radius 3 is 2.43 bits per heavy atom. The third kappa shape index (κ3) is 3.68. The molecule has 0 amide bonds. The summed E-state index contributed by atoms with van der Waals surface area (Å²) < 4.78 is 38.6. The maximum Gasteiger partial charge on any atom is 0.416 e. The minimum Gasteiger partial charge on any atom is -0.508 e. The third-order valence-electron chi connectivity index (χ3n) is 3.30. The Balaban J connectivity index is 2.24. The number of aromatic hydroxyl groups is 1. The standard InChI is InChI=1S/C16H16F3NO/c1-10-6-7-13(9-15(10)16(17,18)19)20-11(2)12-4-3-5-14(21)8-12/h3-9,11,20-21H,1-2H3. The van der Waals surface area contributed by atoms with Gasteiger partial charge in [-0.3, -0.25) is 0 Å². The van der Waals surface area contributed by atoms with Gasteiger partial charge in [-0.05, 0) is 49.2 Å². The van der Waals surface area contributed by atoms with Crippen LogP contribution in [0.1, 0.15) is 29.7 Å². The predicted molar refractivity (Wildman–Crippen MR) is 76.3 cm³/mol. The lowest BCUT2D eigenvalue weighted by Gasteiger charge is -2.18. The molecule has 2 nitrogen and oxygen atoms in total. The average molecular weight is 295 g/mol. The summed E-state index contributed by atoms with van der Waals surface area (Å²) in [6.07, 6.45) is -4.37. The molecule has 2 rings (SSSR count). The fourth-order valence-corrected chi connectivity index (χ4v) is 2.14. The van der Waals surface area contributed by atoms with Gasteiger partial charge in [0.15, 0.2) is 0 Å². The fraction of sp³-hybridized carbons (Fsp3) is 0.250. The van der Waals surface area contributed by atoms with E-state index in [4.69, 9.17) is 0 Å². The summed E-state index contributed by atoms with van der Waals surface area (Å²) in [4.78, 5) is 0. The number of phenolic OH excluding ortho intramolecular Hbond substituents is 1. The zero-order valence-corrected chi connectivity index (χ0v) is 11.7. The highest BCUT2D eigenvalue weighted by Gasteiger charge is 2.32. The fourth-order valence-electron chi connectivity index (χ4n) is 2.14. The Hall–Kier alpha value is -2.17. The number of hydrogen-bond acceptors (Lipinski definition) is 2. The quantitative estimate of drug-likeness (QED) is 0.844. The van der Waals surface area contributed by atoms with E-state index in [1.165, 1.54) is 13.0 Å². The van der Waals surface area contributed by atoms with Gasteiger partial charge in [-0.15, -0.1) is 0 Å². The minimum absolute atomic E-state index is 0.126. The van der Waals surface area contributed by atoms with Crippen LogP contribution in [0.2, 0.25) is 0 Å². The molecule has 2 N–H and O–H groups in total. The number of nitrogens with one attached hydrogen (secondary N) is 1. The normalized spacial score (nSPS) is 13.0. The molecule has 5 heteroatoms. The summed E-state index contributed by atoms with van der Waals surface area (Å²) in [7, 11) is 0. The molecule has 2 aromatic carbocycles. The smallest absolute Gasteiger partial charge is 0.416 e. The molecule has 0 spiro atoms. The van der Waals surface area contributed by atoms with Crippen LogP contribution in [0.5, 0.6) is 5.75 Å². The van der Waals surface area contributed by atoms with E-state index in [-0.39, 0.29) is 17.4 Å². The van der Waals surface area contributed by atoms with Gasteiger partial charge < -0.3 is 10.4 Å². The zero-order chi connectivity index (χ0) is 15.6. The molecular weight excluding hydrogens is 279 g/mol. The zero-order valence-electron chi connectivity index (χ0n) is 11.7. The second kappa shape index (κ2) is 5.68. The maximum absolute atomic E-state index is 12.9. The van der Waals surface area contributed by atoms with Gasteiger partial charge in [0.25, 0.3) is 0 Å². The molecule has 0 aliphatic heterocycles. The molecule has 0 bridgehead atoms. The van der Waals surface area contributed by atoms with E-state index in [1.54, 1.807) is 30.3 Å². The molecule has 1 unspecified atom stereocenters. The van der Waals surface area contributed by atoms with E-state index in [2.05, 4.69) is 5.32 Å². The van der Waals surface area contributed by atoms with Crippen LogP contribution in [0.25, 0.3) is 0 Å². The van der Waals surface area contributed by atoms with Crippen molar-refractivity contribution in [1.82, 2.24) is 0 Å². The van der Waals surface area contributed by atoms with Crippen molar-refractivity contribution in [3.05, 3.63) is 59.2 Å². The van der Waals surface area contributed by atoms with Gasteiger partial charge >= 0.3 is 6.18 Å². The number of aryl methyl sites for hydroxylation is 1. The van der Waals surface area contributed by atoms with Crippen molar-refractivity contribution in [2.24, 2.45) is 0 Å². The third-order valence-corrected chi connectivity index (χ3v) is 3.30. The summed E-state index contributed by atoms with van der Waals surface area (Å²) >= 11 is 0. The molecule has 1 atom stereocenters. The maximum atomic E-state index is 12.9. The highest BCUT2D eigenvalue weighted by atomic mass is 19.4. The molecule has 21 heavy (non-hydrogen) atoms. The Labute approximate surface area is 121 Å². The molecule has 0 saturated heterocycles. The second-order valence-corrected chi connectivity index (χ2v) is 4.99. The molecule has 0 saturated carbocycles. The van der Waals surface area contributed by atoms with Gasteiger partial charge in [-0.1, -0.05) is 18.2 Å². The number of benzene rings is 2. The summed E-state index contributed by atoms with van der Waals surface area (Å²) in [5, 5.41) is 12.5. The Kier molecular flexibility index (Phi) is 4.11. The van der Waals surface area contributed by atoms with Gasteiger partial charge in [0.1, 0.15) is 5.75 Å². The highest BCUT2D eigenvalue weighted by Crippen LogP contribution is 2.34. The largest absolute Gasteiger partial charge is 0.508 e. The van der Waals surface area contributed by atoms with Crippen molar-refractivity contribution in [3.8, 4) is 5.75 Å². The molecule has 0 aliphatic carbocycles. The highest BCUT2D eigenvalue weighted by molar-refractivity contribution is 5.51. The molecule has 112 valence electrons. The lowest BCUT2D eigenvalue weighted by atomic mass is 10.1. The molecule has 0 radical (unpaired) electrons. The van der Waals surface area contributed by atoms with Crippen molar-refractivity contribution in [1.29, 1.82) is 0 Å². The van der Waals surface area contributed by atoms with Crippen molar-refractivity contribution in [2.75, 3.05) is 5.32 Å². The van der Waals surface area contributed by atoms with E-state index in [0.29, 0.717) is 5.69 Å². The summed E-state index contributed by atoms with van der Waals surface area (Å²) in [6.45, 7) is 3.26.